The molecule has 1 saturated heterocycles. The Hall–Kier alpha value is -3.18. The largest absolute Gasteiger partial charge is 0.474 e. The average molecular weight is 457 g/mol. The maximum atomic E-state index is 12.6. The van der Waals surface area contributed by atoms with Crippen molar-refractivity contribution in [3.05, 3.63) is 49.6 Å². The number of piperazine rings is 1. The summed E-state index contributed by atoms with van der Waals surface area (Å²) in [4.78, 5) is 49.3. The molecule has 0 saturated carbocycles. The van der Waals surface area contributed by atoms with Gasteiger partial charge in [-0.2, -0.15) is 0 Å². The van der Waals surface area contributed by atoms with E-state index in [9.17, 15) is 14.4 Å². The Bertz CT molecular complexity index is 1310. The van der Waals surface area contributed by atoms with Crippen LogP contribution in [0.1, 0.15) is 22.3 Å². The van der Waals surface area contributed by atoms with Crippen molar-refractivity contribution in [2.24, 2.45) is 0 Å². The van der Waals surface area contributed by atoms with Crippen LogP contribution in [0.4, 0.5) is 5.69 Å². The first-order valence-corrected chi connectivity index (χ1v) is 11.4. The zero-order valence-electron chi connectivity index (χ0n) is 17.9. The number of amides is 1. The summed E-state index contributed by atoms with van der Waals surface area (Å²) in [6.45, 7) is 5.80. The highest BCUT2D eigenvalue weighted by molar-refractivity contribution is 7.18. The number of nitrogens with one attached hydrogen (secondary N) is 2. The first kappa shape index (κ1) is 20.7. The molecule has 1 atom stereocenters. The molecule has 32 heavy (non-hydrogen) atoms. The van der Waals surface area contributed by atoms with Gasteiger partial charge < -0.3 is 19.9 Å². The van der Waals surface area contributed by atoms with Crippen LogP contribution in [0.25, 0.3) is 10.2 Å². The van der Waals surface area contributed by atoms with Gasteiger partial charge in [0.25, 0.3) is 11.5 Å². The Morgan fingerprint density at radius 3 is 2.97 bits per heavy atom. The number of carbonyl (C=O) groups is 1. The lowest BCUT2D eigenvalue weighted by Gasteiger charge is -2.45. The number of hydrogen-bond acceptors (Lipinski definition) is 8. The van der Waals surface area contributed by atoms with Gasteiger partial charge >= 0.3 is 5.69 Å². The third-order valence-electron chi connectivity index (χ3n) is 5.99. The summed E-state index contributed by atoms with van der Waals surface area (Å²) in [5.74, 6) is 0.259. The topological polar surface area (TPSA) is 113 Å². The molecule has 3 aromatic rings. The van der Waals surface area contributed by atoms with Gasteiger partial charge in [0.1, 0.15) is 22.7 Å². The molecular formula is C21H24N6O4S. The molecule has 0 aromatic carbocycles. The number of aromatic nitrogens is 3. The third kappa shape index (κ3) is 3.47. The summed E-state index contributed by atoms with van der Waals surface area (Å²) >= 11 is 1.44. The fraction of sp³-hybridized carbons (Fsp3) is 0.429. The van der Waals surface area contributed by atoms with Crippen LogP contribution in [0.3, 0.4) is 0 Å². The van der Waals surface area contributed by atoms with Gasteiger partial charge in [-0.1, -0.05) is 0 Å². The molecule has 5 heterocycles. The number of anilines is 1. The van der Waals surface area contributed by atoms with E-state index in [1.165, 1.54) is 15.9 Å². The van der Waals surface area contributed by atoms with E-state index in [2.05, 4.69) is 25.1 Å². The normalized spacial score (nSPS) is 18.2. The number of H-pyrrole nitrogens is 1. The maximum absolute atomic E-state index is 12.6. The fourth-order valence-corrected chi connectivity index (χ4v) is 5.49. The molecule has 0 bridgehead atoms. The number of thiophene rings is 1. The number of hydrogen-bond donors (Lipinski definition) is 2. The Morgan fingerprint density at radius 2 is 2.19 bits per heavy atom. The van der Waals surface area contributed by atoms with E-state index in [4.69, 9.17) is 4.74 Å². The second-order valence-electron chi connectivity index (χ2n) is 7.93. The van der Waals surface area contributed by atoms with Crippen molar-refractivity contribution >= 4 is 33.1 Å². The van der Waals surface area contributed by atoms with E-state index in [1.807, 2.05) is 12.1 Å². The number of ether oxygens (including phenoxy) is 1. The minimum atomic E-state index is -0.367. The number of aromatic amines is 1. The zero-order chi connectivity index (χ0) is 22.4. The van der Waals surface area contributed by atoms with Crippen molar-refractivity contribution in [3.8, 4) is 5.88 Å². The molecule has 1 amide bonds. The van der Waals surface area contributed by atoms with Crippen LogP contribution in [-0.4, -0.2) is 64.7 Å². The van der Waals surface area contributed by atoms with Crippen molar-refractivity contribution in [1.82, 2.24) is 24.8 Å². The van der Waals surface area contributed by atoms with Gasteiger partial charge in [-0.05, 0) is 25.1 Å². The number of pyridine rings is 1. The lowest BCUT2D eigenvalue weighted by atomic mass is 10.1. The summed E-state index contributed by atoms with van der Waals surface area (Å²) in [6, 6.07) is 5.70. The van der Waals surface area contributed by atoms with Crippen molar-refractivity contribution in [1.29, 1.82) is 0 Å². The molecule has 1 fully saturated rings. The highest BCUT2D eigenvalue weighted by atomic mass is 32.1. The van der Waals surface area contributed by atoms with Crippen LogP contribution in [-0.2, 0) is 13.1 Å². The quantitative estimate of drug-likeness (QED) is 0.592. The van der Waals surface area contributed by atoms with Crippen molar-refractivity contribution in [3.63, 3.8) is 0 Å². The van der Waals surface area contributed by atoms with Gasteiger partial charge in [-0.15, -0.1) is 11.3 Å². The van der Waals surface area contributed by atoms with Crippen LogP contribution >= 0.6 is 11.3 Å². The van der Waals surface area contributed by atoms with Crippen LogP contribution in [0, 0.1) is 0 Å². The Kier molecular flexibility index (Phi) is 5.22. The van der Waals surface area contributed by atoms with Crippen LogP contribution in [0.15, 0.2) is 27.8 Å². The van der Waals surface area contributed by atoms with E-state index < -0.39 is 0 Å². The lowest BCUT2D eigenvalue weighted by Crippen LogP contribution is -2.57. The maximum Gasteiger partial charge on any atom is 0.328 e. The molecule has 0 spiro atoms. The number of rotatable bonds is 4. The molecule has 0 aliphatic carbocycles. The van der Waals surface area contributed by atoms with Crippen molar-refractivity contribution in [2.75, 3.05) is 38.2 Å². The number of nitrogens with zero attached hydrogens (tertiary/aromatic N) is 4. The Balaban J connectivity index is 1.33. The zero-order valence-corrected chi connectivity index (χ0v) is 18.7. The summed E-state index contributed by atoms with van der Waals surface area (Å²) in [7, 11) is 1.58. The molecule has 2 N–H and O–H groups in total. The van der Waals surface area contributed by atoms with E-state index in [-0.39, 0.29) is 23.2 Å². The minimum absolute atomic E-state index is 0.176. The van der Waals surface area contributed by atoms with Crippen molar-refractivity contribution in [2.45, 2.75) is 26.1 Å². The standard InChI is InChI=1S/C21H24N6O4S/c1-3-26-20(29)17-15(24-21(26)30)8-13(32-17)10-25-6-7-27-12(9-25)11-31-19-16(27)5-4-14(23-19)18(28)22-2/h4-5,8,12H,3,6-7,9-11H2,1-2H3,(H,22,28)(H,24,30)/t12-/m1/s1. The summed E-state index contributed by atoms with van der Waals surface area (Å²) in [5, 5.41) is 2.58. The van der Waals surface area contributed by atoms with Gasteiger partial charge in [-0.25, -0.2) is 9.78 Å². The molecule has 0 unspecified atom stereocenters. The molecule has 10 nitrogen and oxygen atoms in total. The Labute approximate surface area is 187 Å². The predicted molar refractivity (Wildman–Crippen MR) is 122 cm³/mol. The Morgan fingerprint density at radius 1 is 1.34 bits per heavy atom. The second-order valence-corrected chi connectivity index (χ2v) is 9.07. The summed E-state index contributed by atoms with van der Waals surface area (Å²) < 4.78 is 7.70. The summed E-state index contributed by atoms with van der Waals surface area (Å²) in [6.07, 6.45) is 0. The number of fused-ring (bicyclic) bond motifs is 4. The smallest absolute Gasteiger partial charge is 0.328 e. The molecule has 2 aliphatic heterocycles. The molecule has 3 aromatic heterocycles. The first-order valence-electron chi connectivity index (χ1n) is 10.6. The monoisotopic (exact) mass is 456 g/mol. The van der Waals surface area contributed by atoms with Gasteiger partial charge in [0.2, 0.25) is 5.88 Å². The molecular weight excluding hydrogens is 432 g/mol. The lowest BCUT2D eigenvalue weighted by molar-refractivity contribution is 0.0956. The highest BCUT2D eigenvalue weighted by Gasteiger charge is 2.34. The van der Waals surface area contributed by atoms with E-state index >= 15 is 0 Å². The van der Waals surface area contributed by atoms with Crippen molar-refractivity contribution < 1.29 is 9.53 Å². The van der Waals surface area contributed by atoms with E-state index in [0.29, 0.717) is 41.5 Å². The molecule has 5 rings (SSSR count). The SMILES string of the molecule is CCn1c(=O)[nH]c2cc(CN3CCN4c5ccc(C(=O)NC)nc5OC[C@H]4C3)sc2c1=O. The minimum Gasteiger partial charge on any atom is -0.474 e. The van der Waals surface area contributed by atoms with Crippen LogP contribution < -0.4 is 26.2 Å². The van der Waals surface area contributed by atoms with Gasteiger partial charge in [0, 0.05) is 44.6 Å². The molecule has 2 aliphatic rings. The third-order valence-corrected chi connectivity index (χ3v) is 7.10. The second kappa shape index (κ2) is 8.06. The molecule has 168 valence electrons. The van der Waals surface area contributed by atoms with Gasteiger partial charge in [0.05, 0.1) is 11.6 Å². The average Bonchev–Trinajstić information content (AvgIpc) is 3.20. The highest BCUT2D eigenvalue weighted by Crippen LogP contribution is 2.34. The first-order chi connectivity index (χ1) is 15.5. The van der Waals surface area contributed by atoms with Crippen LogP contribution in [0.2, 0.25) is 0 Å². The van der Waals surface area contributed by atoms with E-state index in [0.717, 1.165) is 30.2 Å². The number of carbonyl (C=O) groups excluding carboxylic acids is 1. The summed E-state index contributed by atoms with van der Waals surface area (Å²) in [5.41, 5.74) is 1.26. The van der Waals surface area contributed by atoms with Gasteiger partial charge in [-0.3, -0.25) is 19.1 Å². The molecule has 11 heteroatoms. The molecule has 0 radical (unpaired) electrons. The van der Waals surface area contributed by atoms with Crippen LogP contribution in [0.5, 0.6) is 5.88 Å². The van der Waals surface area contributed by atoms with E-state index in [1.54, 1.807) is 20.0 Å². The predicted octanol–water partition coefficient (Wildman–Crippen LogP) is 0.609. The van der Waals surface area contributed by atoms with Gasteiger partial charge in [0.15, 0.2) is 0 Å². The fourth-order valence-electron chi connectivity index (χ4n) is 4.39.